The summed E-state index contributed by atoms with van der Waals surface area (Å²) in [6.45, 7) is 4.27. The van der Waals surface area contributed by atoms with E-state index in [2.05, 4.69) is 22.3 Å². The first-order chi connectivity index (χ1) is 14.0. The van der Waals surface area contributed by atoms with E-state index in [1.807, 2.05) is 13.0 Å². The number of amides is 3. The summed E-state index contributed by atoms with van der Waals surface area (Å²) >= 11 is 0. The summed E-state index contributed by atoms with van der Waals surface area (Å²) in [5.74, 6) is -0.728. The van der Waals surface area contributed by atoms with Gasteiger partial charge in [0.25, 0.3) is 5.91 Å². The molecule has 5 nitrogen and oxygen atoms in total. The quantitative estimate of drug-likeness (QED) is 0.625. The lowest BCUT2D eigenvalue weighted by molar-refractivity contribution is -0.123. The molecule has 2 heterocycles. The Bertz CT molecular complexity index is 963. The van der Waals surface area contributed by atoms with Crippen LogP contribution < -0.4 is 10.2 Å². The molecule has 2 aromatic carbocycles. The number of halogens is 1. The number of carbonyl (C=O) groups excluding carboxylic acids is 2. The molecule has 2 saturated heterocycles. The zero-order valence-corrected chi connectivity index (χ0v) is 16.5. The summed E-state index contributed by atoms with van der Waals surface area (Å²) < 4.78 is 13.1. The Morgan fingerprint density at radius 3 is 2.45 bits per heavy atom. The van der Waals surface area contributed by atoms with Crippen molar-refractivity contribution in [2.24, 2.45) is 0 Å². The van der Waals surface area contributed by atoms with E-state index in [1.165, 1.54) is 37.1 Å². The van der Waals surface area contributed by atoms with Crippen molar-refractivity contribution >= 4 is 23.7 Å². The van der Waals surface area contributed by atoms with E-state index in [0.29, 0.717) is 5.56 Å². The van der Waals surface area contributed by atoms with E-state index in [1.54, 1.807) is 18.2 Å². The van der Waals surface area contributed by atoms with Gasteiger partial charge in [0.15, 0.2) is 0 Å². The molecule has 2 fully saturated rings. The van der Waals surface area contributed by atoms with Crippen LogP contribution in [0.2, 0.25) is 0 Å². The van der Waals surface area contributed by atoms with Crippen molar-refractivity contribution in [1.82, 2.24) is 10.2 Å². The number of hydrogen-bond donors (Lipinski definition) is 1. The topological polar surface area (TPSA) is 52.7 Å². The maximum atomic E-state index is 13.1. The molecule has 0 aliphatic carbocycles. The van der Waals surface area contributed by atoms with Crippen LogP contribution in [0.1, 0.15) is 36.0 Å². The van der Waals surface area contributed by atoms with Gasteiger partial charge >= 0.3 is 6.03 Å². The summed E-state index contributed by atoms with van der Waals surface area (Å²) in [5, 5.41) is 2.65. The zero-order valence-electron chi connectivity index (χ0n) is 16.5. The Morgan fingerprint density at radius 2 is 1.76 bits per heavy atom. The van der Waals surface area contributed by atoms with Gasteiger partial charge in [-0.1, -0.05) is 18.2 Å². The van der Waals surface area contributed by atoms with Crippen LogP contribution in [0.15, 0.2) is 48.2 Å². The number of hydrogen-bond acceptors (Lipinski definition) is 3. The molecular weight excluding hydrogens is 369 g/mol. The standard InChI is InChI=1S/C23H24FN3O2/c1-16-13-20(26-11-3-2-4-12-26)10-7-18(16)14-21-22(28)27(23(29)25-21)15-17-5-8-19(24)9-6-17/h5-10,13-14H,2-4,11-12,15H2,1H3,(H,25,29)/b21-14-. The SMILES string of the molecule is Cc1cc(N2CCCCC2)ccc1/C=C1\NC(=O)N(Cc2ccc(F)cc2)C1=O. The molecule has 3 amide bonds. The van der Waals surface area contributed by atoms with Crippen LogP contribution in [-0.2, 0) is 11.3 Å². The third-order valence-electron chi connectivity index (χ3n) is 5.49. The number of carbonyl (C=O) groups is 2. The van der Waals surface area contributed by atoms with Crippen LogP contribution in [0.4, 0.5) is 14.9 Å². The molecule has 0 saturated carbocycles. The molecule has 0 atom stereocenters. The van der Waals surface area contributed by atoms with Crippen LogP contribution >= 0.6 is 0 Å². The van der Waals surface area contributed by atoms with Crippen LogP contribution in [0.25, 0.3) is 6.08 Å². The second-order valence-electron chi connectivity index (χ2n) is 7.59. The number of piperidine rings is 1. The van der Waals surface area contributed by atoms with Crippen LogP contribution in [-0.4, -0.2) is 29.9 Å². The molecule has 6 heteroatoms. The maximum absolute atomic E-state index is 13.1. The summed E-state index contributed by atoms with van der Waals surface area (Å²) in [4.78, 5) is 28.5. The summed E-state index contributed by atoms with van der Waals surface area (Å²) in [5.41, 5.74) is 4.10. The third kappa shape index (κ3) is 4.16. The summed E-state index contributed by atoms with van der Waals surface area (Å²) in [6.07, 6.45) is 5.45. The predicted molar refractivity (Wildman–Crippen MR) is 111 cm³/mol. The minimum atomic E-state index is -0.465. The minimum absolute atomic E-state index is 0.106. The molecular formula is C23H24FN3O2. The maximum Gasteiger partial charge on any atom is 0.329 e. The van der Waals surface area contributed by atoms with Gasteiger partial charge in [-0.15, -0.1) is 0 Å². The van der Waals surface area contributed by atoms with Gasteiger partial charge in [-0.2, -0.15) is 0 Å². The van der Waals surface area contributed by atoms with Crippen molar-refractivity contribution in [3.63, 3.8) is 0 Å². The molecule has 0 aromatic heterocycles. The highest BCUT2D eigenvalue weighted by Gasteiger charge is 2.33. The van der Waals surface area contributed by atoms with Crippen LogP contribution in [0.5, 0.6) is 0 Å². The fraction of sp³-hybridized carbons (Fsp3) is 0.304. The number of rotatable bonds is 4. The molecule has 2 aliphatic heterocycles. The van der Waals surface area contributed by atoms with Gasteiger partial charge in [0.05, 0.1) is 6.54 Å². The third-order valence-corrected chi connectivity index (χ3v) is 5.49. The van der Waals surface area contributed by atoms with Crippen molar-refractivity contribution in [1.29, 1.82) is 0 Å². The van der Waals surface area contributed by atoms with Gasteiger partial charge < -0.3 is 10.2 Å². The molecule has 29 heavy (non-hydrogen) atoms. The molecule has 1 N–H and O–H groups in total. The van der Waals surface area contributed by atoms with Gasteiger partial charge in [-0.05, 0) is 73.2 Å². The first kappa shape index (κ1) is 19.2. The van der Waals surface area contributed by atoms with Crippen molar-refractivity contribution in [2.75, 3.05) is 18.0 Å². The normalized spacial score (nSPS) is 18.5. The van der Waals surface area contributed by atoms with Crippen molar-refractivity contribution < 1.29 is 14.0 Å². The van der Waals surface area contributed by atoms with Crippen LogP contribution in [0, 0.1) is 12.7 Å². The smallest absolute Gasteiger partial charge is 0.329 e. The number of imide groups is 1. The van der Waals surface area contributed by atoms with E-state index in [9.17, 15) is 14.0 Å². The summed E-state index contributed by atoms with van der Waals surface area (Å²) in [6, 6.07) is 11.5. The Balaban J connectivity index is 1.51. The second kappa shape index (κ2) is 8.07. The fourth-order valence-corrected chi connectivity index (χ4v) is 3.81. The molecule has 0 spiro atoms. The monoisotopic (exact) mass is 393 g/mol. The average molecular weight is 393 g/mol. The molecule has 0 bridgehead atoms. The molecule has 150 valence electrons. The van der Waals surface area contributed by atoms with Crippen molar-refractivity contribution in [3.8, 4) is 0 Å². The minimum Gasteiger partial charge on any atom is -0.372 e. The zero-order chi connectivity index (χ0) is 20.4. The van der Waals surface area contributed by atoms with E-state index >= 15 is 0 Å². The average Bonchev–Trinajstić information content (AvgIpc) is 2.99. The first-order valence-corrected chi connectivity index (χ1v) is 9.96. The number of benzene rings is 2. The lowest BCUT2D eigenvalue weighted by atomic mass is 10.0. The van der Waals surface area contributed by atoms with E-state index < -0.39 is 6.03 Å². The first-order valence-electron chi connectivity index (χ1n) is 9.96. The van der Waals surface area contributed by atoms with E-state index in [0.717, 1.165) is 29.1 Å². The number of anilines is 1. The number of nitrogens with one attached hydrogen (secondary N) is 1. The molecule has 4 rings (SSSR count). The highest BCUT2D eigenvalue weighted by molar-refractivity contribution is 6.14. The molecule has 2 aliphatic rings. The molecule has 0 unspecified atom stereocenters. The molecule has 0 radical (unpaired) electrons. The highest BCUT2D eigenvalue weighted by atomic mass is 19.1. The second-order valence-corrected chi connectivity index (χ2v) is 7.59. The Hall–Kier alpha value is -3.15. The lowest BCUT2D eigenvalue weighted by Crippen LogP contribution is -2.30. The number of nitrogens with zero attached hydrogens (tertiary/aromatic N) is 2. The Labute approximate surface area is 169 Å². The van der Waals surface area contributed by atoms with Gasteiger partial charge in [-0.25, -0.2) is 9.18 Å². The van der Waals surface area contributed by atoms with Gasteiger partial charge in [0, 0.05) is 18.8 Å². The lowest BCUT2D eigenvalue weighted by Gasteiger charge is -2.29. The van der Waals surface area contributed by atoms with Crippen LogP contribution in [0.3, 0.4) is 0 Å². The highest BCUT2D eigenvalue weighted by Crippen LogP contribution is 2.25. The number of urea groups is 1. The van der Waals surface area contributed by atoms with Crippen molar-refractivity contribution in [3.05, 3.63) is 70.7 Å². The van der Waals surface area contributed by atoms with E-state index in [-0.39, 0.29) is 24.0 Å². The van der Waals surface area contributed by atoms with Gasteiger partial charge in [0.1, 0.15) is 11.5 Å². The Morgan fingerprint density at radius 1 is 1.03 bits per heavy atom. The van der Waals surface area contributed by atoms with E-state index in [4.69, 9.17) is 0 Å². The number of aryl methyl sites for hydroxylation is 1. The van der Waals surface area contributed by atoms with Gasteiger partial charge in [-0.3, -0.25) is 9.69 Å². The Kier molecular flexibility index (Phi) is 5.34. The fourth-order valence-electron chi connectivity index (χ4n) is 3.81. The van der Waals surface area contributed by atoms with Crippen molar-refractivity contribution in [2.45, 2.75) is 32.7 Å². The largest absolute Gasteiger partial charge is 0.372 e. The van der Waals surface area contributed by atoms with Gasteiger partial charge in [0.2, 0.25) is 0 Å². The molecule has 2 aromatic rings. The predicted octanol–water partition coefficient (Wildman–Crippen LogP) is 4.22. The summed E-state index contributed by atoms with van der Waals surface area (Å²) in [7, 11) is 0.